The highest BCUT2D eigenvalue weighted by atomic mass is 35.5. The van der Waals surface area contributed by atoms with Gasteiger partial charge in [0.15, 0.2) is 0 Å². The molecule has 0 saturated carbocycles. The maximum atomic E-state index is 11.3. The third-order valence-corrected chi connectivity index (χ3v) is 5.47. The van der Waals surface area contributed by atoms with Crippen molar-refractivity contribution in [1.29, 1.82) is 0 Å². The molecule has 1 aromatic rings. The van der Waals surface area contributed by atoms with Crippen LogP contribution in [0, 0.1) is 5.92 Å². The Labute approximate surface area is 137 Å². The fourth-order valence-corrected chi connectivity index (χ4v) is 2.73. The lowest BCUT2D eigenvalue weighted by atomic mass is 9.80. The van der Waals surface area contributed by atoms with E-state index in [0.717, 1.165) is 12.8 Å². The number of carbonyl (C=O) groups is 1. The predicted molar refractivity (Wildman–Crippen MR) is 86.5 cm³/mol. The van der Waals surface area contributed by atoms with Crippen LogP contribution in [0.3, 0.4) is 0 Å². The number of hydrogen-bond acceptors (Lipinski definition) is 3. The summed E-state index contributed by atoms with van der Waals surface area (Å²) in [6.07, 6.45) is 1.76. The largest absolute Gasteiger partial charge is 0.340 e. The van der Waals surface area contributed by atoms with Crippen molar-refractivity contribution in [2.24, 2.45) is 5.92 Å². The number of likely N-dealkylation sites (tertiary alicyclic amines) is 1. The number of carbonyl (C=O) groups excluding carboxylic acids is 1. The summed E-state index contributed by atoms with van der Waals surface area (Å²) in [5.74, 6) is 0.901. The summed E-state index contributed by atoms with van der Waals surface area (Å²) in [5, 5.41) is 0.428. The van der Waals surface area contributed by atoms with Crippen LogP contribution in [-0.4, -0.2) is 36.4 Å². The summed E-state index contributed by atoms with van der Waals surface area (Å²) in [6.45, 7) is 6.48. The van der Waals surface area contributed by atoms with Gasteiger partial charge in [-0.2, -0.15) is 8.42 Å². The lowest BCUT2D eigenvalue weighted by Crippen LogP contribution is -2.52. The maximum Gasteiger partial charge on any atom is 0.294 e. The van der Waals surface area contributed by atoms with Crippen molar-refractivity contribution >= 4 is 27.6 Å². The Kier molecular flexibility index (Phi) is 6.01. The van der Waals surface area contributed by atoms with Crippen LogP contribution in [0.5, 0.6) is 0 Å². The second-order valence-corrected chi connectivity index (χ2v) is 7.83. The minimum Gasteiger partial charge on any atom is -0.340 e. The average Bonchev–Trinajstić information content (AvgIpc) is 2.42. The molecular formula is C15H22ClNO4S. The highest BCUT2D eigenvalue weighted by Crippen LogP contribution is 2.31. The molecule has 1 aromatic carbocycles. The van der Waals surface area contributed by atoms with Crippen LogP contribution < -0.4 is 0 Å². The smallest absolute Gasteiger partial charge is 0.294 e. The third kappa shape index (κ3) is 4.69. The molecule has 5 nitrogen and oxygen atoms in total. The second-order valence-electron chi connectivity index (χ2n) is 5.98. The number of halogens is 1. The Bertz CT molecular complexity index is 625. The van der Waals surface area contributed by atoms with Crippen molar-refractivity contribution in [2.45, 2.75) is 44.0 Å². The van der Waals surface area contributed by atoms with Gasteiger partial charge >= 0.3 is 0 Å². The molecule has 2 rings (SSSR count). The summed E-state index contributed by atoms with van der Waals surface area (Å²) < 4.78 is 29.4. The van der Waals surface area contributed by atoms with Gasteiger partial charge in [-0.3, -0.25) is 9.35 Å². The molecule has 1 N–H and O–H groups in total. The Balaban J connectivity index is 0.000000220. The first-order chi connectivity index (χ1) is 9.96. The summed E-state index contributed by atoms with van der Waals surface area (Å²) in [4.78, 5) is 13.0. The second kappa shape index (κ2) is 6.98. The lowest BCUT2D eigenvalue weighted by molar-refractivity contribution is -0.141. The predicted octanol–water partition coefficient (Wildman–Crippen LogP) is 3.24. The fraction of sp³-hybridized carbons (Fsp3) is 0.533. The van der Waals surface area contributed by atoms with E-state index < -0.39 is 10.1 Å². The van der Waals surface area contributed by atoms with Crippen LogP contribution in [0.25, 0.3) is 0 Å². The van der Waals surface area contributed by atoms with Crippen LogP contribution in [0.15, 0.2) is 29.2 Å². The number of piperidine rings is 1. The number of rotatable bonds is 1. The SMILES string of the molecule is CC1CCC(=O)N(C)C1(C)C.O=S(=O)(O)c1ccc(Cl)cc1. The van der Waals surface area contributed by atoms with Crippen molar-refractivity contribution in [2.75, 3.05) is 7.05 Å². The lowest BCUT2D eigenvalue weighted by Gasteiger charge is -2.44. The topological polar surface area (TPSA) is 74.7 Å². The number of hydrogen-bond donors (Lipinski definition) is 1. The highest BCUT2D eigenvalue weighted by molar-refractivity contribution is 7.85. The zero-order valence-electron chi connectivity index (χ0n) is 13.2. The first kappa shape index (κ1) is 18.9. The monoisotopic (exact) mass is 347 g/mol. The molecule has 1 saturated heterocycles. The van der Waals surface area contributed by atoms with Crippen LogP contribution in [0.1, 0.15) is 33.6 Å². The van der Waals surface area contributed by atoms with Gasteiger partial charge in [-0.05, 0) is 50.5 Å². The van der Waals surface area contributed by atoms with Gasteiger partial charge in [0, 0.05) is 24.0 Å². The first-order valence-corrected chi connectivity index (χ1v) is 8.77. The van der Waals surface area contributed by atoms with Gasteiger partial charge in [0.25, 0.3) is 10.1 Å². The minimum absolute atomic E-state index is 0.0509. The van der Waals surface area contributed by atoms with Crippen LogP contribution in [-0.2, 0) is 14.9 Å². The van der Waals surface area contributed by atoms with Crippen LogP contribution in [0.4, 0.5) is 0 Å². The molecule has 1 heterocycles. The van der Waals surface area contributed by atoms with E-state index in [-0.39, 0.29) is 16.3 Å². The summed E-state index contributed by atoms with van der Waals surface area (Å²) in [6, 6.07) is 5.25. The standard InChI is InChI=1S/C9H17NO.C6H5ClO3S/c1-7-5-6-8(11)10(4)9(7,2)3;7-5-1-3-6(4-2-5)11(8,9)10/h7H,5-6H2,1-4H3;1-4H,(H,8,9,10). The molecule has 0 aliphatic carbocycles. The van der Waals surface area contributed by atoms with E-state index in [4.69, 9.17) is 16.2 Å². The van der Waals surface area contributed by atoms with Crippen molar-refractivity contribution < 1.29 is 17.8 Å². The van der Waals surface area contributed by atoms with E-state index in [0.29, 0.717) is 10.9 Å². The highest BCUT2D eigenvalue weighted by Gasteiger charge is 2.37. The summed E-state index contributed by atoms with van der Waals surface area (Å²) in [7, 11) is -2.18. The van der Waals surface area contributed by atoms with E-state index in [9.17, 15) is 13.2 Å². The molecule has 1 aliphatic rings. The van der Waals surface area contributed by atoms with Crippen LogP contribution >= 0.6 is 11.6 Å². The molecule has 0 radical (unpaired) electrons. The zero-order chi connectivity index (χ0) is 17.1. The van der Waals surface area contributed by atoms with Gasteiger partial charge in [-0.15, -0.1) is 0 Å². The van der Waals surface area contributed by atoms with Gasteiger partial charge in [0.2, 0.25) is 5.91 Å². The third-order valence-electron chi connectivity index (χ3n) is 4.35. The van der Waals surface area contributed by atoms with Gasteiger partial charge in [0.05, 0.1) is 4.90 Å². The van der Waals surface area contributed by atoms with Gasteiger partial charge in [0.1, 0.15) is 0 Å². The van der Waals surface area contributed by atoms with E-state index in [1.54, 1.807) is 0 Å². The van der Waals surface area contributed by atoms with Crippen molar-refractivity contribution in [3.8, 4) is 0 Å². The summed E-state index contributed by atoms with van der Waals surface area (Å²) in [5.41, 5.74) is 0.0509. The van der Waals surface area contributed by atoms with Gasteiger partial charge in [-0.25, -0.2) is 0 Å². The molecule has 0 spiro atoms. The van der Waals surface area contributed by atoms with Gasteiger partial charge in [-0.1, -0.05) is 18.5 Å². The molecular weight excluding hydrogens is 326 g/mol. The Morgan fingerprint density at radius 2 is 1.77 bits per heavy atom. The Morgan fingerprint density at radius 3 is 2.18 bits per heavy atom. The zero-order valence-corrected chi connectivity index (χ0v) is 14.8. The number of amides is 1. The van der Waals surface area contributed by atoms with Crippen molar-refractivity contribution in [1.82, 2.24) is 4.90 Å². The minimum atomic E-state index is -4.08. The Morgan fingerprint density at radius 1 is 1.27 bits per heavy atom. The normalized spacial score (nSPS) is 21.1. The van der Waals surface area contributed by atoms with Crippen molar-refractivity contribution in [3.63, 3.8) is 0 Å². The van der Waals surface area contributed by atoms with Crippen LogP contribution in [0.2, 0.25) is 5.02 Å². The fourth-order valence-electron chi connectivity index (χ4n) is 2.12. The summed E-state index contributed by atoms with van der Waals surface area (Å²) >= 11 is 5.49. The maximum absolute atomic E-state index is 11.3. The molecule has 0 aromatic heterocycles. The molecule has 1 fully saturated rings. The molecule has 1 unspecified atom stereocenters. The number of nitrogens with zero attached hydrogens (tertiary/aromatic N) is 1. The van der Waals surface area contributed by atoms with E-state index in [1.807, 2.05) is 11.9 Å². The average molecular weight is 348 g/mol. The van der Waals surface area contributed by atoms with E-state index >= 15 is 0 Å². The van der Waals surface area contributed by atoms with Crippen molar-refractivity contribution in [3.05, 3.63) is 29.3 Å². The Hall–Kier alpha value is -1.11. The van der Waals surface area contributed by atoms with E-state index in [1.165, 1.54) is 24.3 Å². The van der Waals surface area contributed by atoms with E-state index in [2.05, 4.69) is 20.8 Å². The molecule has 1 amide bonds. The quantitative estimate of drug-likeness (QED) is 0.791. The number of benzene rings is 1. The molecule has 7 heteroatoms. The molecule has 1 aliphatic heterocycles. The molecule has 22 heavy (non-hydrogen) atoms. The first-order valence-electron chi connectivity index (χ1n) is 6.96. The molecule has 1 atom stereocenters. The molecule has 0 bridgehead atoms. The van der Waals surface area contributed by atoms with Gasteiger partial charge < -0.3 is 4.90 Å². The molecule has 124 valence electrons.